The summed E-state index contributed by atoms with van der Waals surface area (Å²) >= 11 is 0. The highest BCUT2D eigenvalue weighted by atomic mass is 31.2. The van der Waals surface area contributed by atoms with Crippen molar-refractivity contribution in [3.8, 4) is 0 Å². The molecule has 23 atom stereocenters. The van der Waals surface area contributed by atoms with Crippen LogP contribution in [0.5, 0.6) is 0 Å². The lowest BCUT2D eigenvalue weighted by Gasteiger charge is -2.26. The Morgan fingerprint density at radius 3 is 0.712 bits per heavy atom. The first kappa shape index (κ1) is 82.8. The number of aliphatic hydroxyl groups excluding tert-OH is 2. The Kier molecular flexibility index (Phi) is 25.2. The van der Waals surface area contributed by atoms with Crippen LogP contribution in [0.15, 0.2) is 102 Å². The highest BCUT2D eigenvalue weighted by molar-refractivity contribution is 7.48. The first-order chi connectivity index (χ1) is 52.3. The second-order valence-corrected chi connectivity index (χ2v) is 32.3. The third-order valence-electron chi connectivity index (χ3n) is 17.6. The van der Waals surface area contributed by atoms with Crippen molar-refractivity contribution in [3.63, 3.8) is 0 Å². The zero-order valence-corrected chi connectivity index (χ0v) is 61.5. The van der Waals surface area contributed by atoms with Crippen molar-refractivity contribution < 1.29 is 131 Å². The van der Waals surface area contributed by atoms with Crippen molar-refractivity contribution in [1.82, 2.24) is 57.3 Å². The molecular weight excluding hydrogens is 1600 g/mol. The van der Waals surface area contributed by atoms with Gasteiger partial charge in [-0.15, -0.1) is 0 Å². The zero-order valence-electron chi connectivity index (χ0n) is 57.0. The molecule has 0 radical (unpaired) electrons. The van der Waals surface area contributed by atoms with E-state index in [1.165, 1.54) is 48.8 Å². The minimum atomic E-state index is -5.61. The van der Waals surface area contributed by atoms with E-state index >= 15 is 0 Å². The maximum absolute atomic E-state index is 14.2. The first-order valence-corrected chi connectivity index (χ1v) is 40.4. The minimum Gasteiger partial charge on any atom is -0.394 e. The lowest BCUT2D eigenvalue weighted by Crippen LogP contribution is -2.32. The van der Waals surface area contributed by atoms with Gasteiger partial charge in [0.05, 0.1) is 45.7 Å². The van der Waals surface area contributed by atoms with Gasteiger partial charge >= 0.3 is 73.3 Å². The van der Waals surface area contributed by atoms with E-state index in [1.54, 1.807) is 0 Å². The lowest BCUT2D eigenvalue weighted by atomic mass is 10.2. The molecule has 6 aliphatic rings. The van der Waals surface area contributed by atoms with Crippen LogP contribution in [0.4, 0.5) is 34.9 Å². The number of anilines is 6. The molecule has 608 valence electrons. The Morgan fingerprint density at radius 2 is 0.505 bits per heavy atom. The number of ether oxygens (including phenoxy) is 6. The fourth-order valence-electron chi connectivity index (χ4n) is 12.4. The van der Waals surface area contributed by atoms with Gasteiger partial charge in [-0.2, -0.15) is 29.9 Å². The quantitative estimate of drug-likeness (QED) is 0.0183. The number of nitrogen functional groups attached to an aromatic ring is 6. The molecule has 0 spiro atoms. The van der Waals surface area contributed by atoms with Gasteiger partial charge < -0.3 is 97.5 Å². The van der Waals surface area contributed by atoms with Crippen molar-refractivity contribution in [1.29, 1.82) is 0 Å². The molecule has 6 aromatic heterocycles. The monoisotopic (exact) mass is 1670 g/mol. The Hall–Kier alpha value is -7.69. The molecule has 52 nitrogen and oxygen atoms in total. The maximum Gasteiger partial charge on any atom is 0.472 e. The number of nitrogens with zero attached hydrogens (tertiary/aromatic N) is 12. The molecule has 6 fully saturated rings. The number of phosphoric ester groups is 5. The number of hydrogen-bond acceptors (Lipinski definition) is 41. The summed E-state index contributed by atoms with van der Waals surface area (Å²) in [6.45, 7) is -5.94. The molecule has 57 heteroatoms. The summed E-state index contributed by atoms with van der Waals surface area (Å²) in [5.41, 5.74) is 28.3. The third-order valence-corrected chi connectivity index (χ3v) is 22.7. The number of aliphatic hydroxyl groups is 2. The van der Waals surface area contributed by atoms with Crippen LogP contribution in [0.1, 0.15) is 75.9 Å². The third kappa shape index (κ3) is 20.6. The van der Waals surface area contributed by atoms with Gasteiger partial charge in [-0.1, -0.05) is 0 Å². The van der Waals surface area contributed by atoms with Crippen molar-refractivity contribution in [2.45, 2.75) is 149 Å². The van der Waals surface area contributed by atoms with Crippen LogP contribution < -0.4 is 68.5 Å². The van der Waals surface area contributed by atoms with E-state index in [4.69, 9.17) is 108 Å². The van der Waals surface area contributed by atoms with Gasteiger partial charge in [-0.05, 0) is 36.4 Å². The largest absolute Gasteiger partial charge is 0.472 e. The predicted molar refractivity (Wildman–Crippen MR) is 365 cm³/mol. The van der Waals surface area contributed by atoms with Crippen LogP contribution in [0.25, 0.3) is 0 Å². The summed E-state index contributed by atoms with van der Waals surface area (Å²) < 4.78 is 165. The van der Waals surface area contributed by atoms with Crippen molar-refractivity contribution in [2.24, 2.45) is 0 Å². The summed E-state index contributed by atoms with van der Waals surface area (Å²) in [4.78, 5) is 156. The van der Waals surface area contributed by atoms with Gasteiger partial charge in [-0.3, -0.25) is 72.6 Å². The van der Waals surface area contributed by atoms with Crippen molar-refractivity contribution in [3.05, 3.63) is 136 Å². The van der Waals surface area contributed by atoms with Crippen LogP contribution in [0.3, 0.4) is 0 Å². The van der Waals surface area contributed by atoms with Gasteiger partial charge in [0.25, 0.3) is 0 Å². The minimum absolute atomic E-state index is 0.0962. The van der Waals surface area contributed by atoms with E-state index in [2.05, 4.69) is 29.9 Å². The Balaban J connectivity index is 0.718. The summed E-state index contributed by atoms with van der Waals surface area (Å²) in [7, 11) is -27.3. The zero-order chi connectivity index (χ0) is 79.8. The molecule has 12 heterocycles. The van der Waals surface area contributed by atoms with Gasteiger partial charge in [0.1, 0.15) is 139 Å². The standard InChI is InChI=1S/C54H73N18O34P5/c55-37-1-7-67(49(75)61-37)43-13-25(74)32(97-43)20-91-107(81,82)103-27-15-45(69-9-3-39(57)63-51(69)77)99-34(27)22-93-109(85,86)105-29-17-47(71-11-5-41(59)65-53(71)79)101-36(29)24-95-111(89,90)106-30-18-48(72-12-6-42(60)66-54(72)80)100-35(30)23-94-110(87,88)104-28-16-46(70-10-4-40(58)64-52(70)78)98-33(28)21-92-108(83,84)102-26-14-44(96-31(26)19-73)68-8-2-38(56)62-50(68)76/h1-12,25-36,43-48,73-74H,13-24H2,(H,81,82)(H,83,84)(H,85,86)(H,87,88)(H,89,90)(H2,55,61,75)(H2,56,62,76)(H2,57,63,77)(H2,58,64,78)(H2,59,65,79)(H2,60,66,80). The second kappa shape index (κ2) is 33.8. The molecule has 0 saturated carbocycles. The van der Waals surface area contributed by atoms with Crippen molar-refractivity contribution in [2.75, 3.05) is 74.0 Å². The average molecular weight is 1670 g/mol. The molecule has 111 heavy (non-hydrogen) atoms. The van der Waals surface area contributed by atoms with Gasteiger partial charge in [0, 0.05) is 75.7 Å². The fraction of sp³-hybridized carbons (Fsp3) is 0.556. The molecule has 6 saturated heterocycles. The SMILES string of the molecule is Nc1ccn(C2CC(O)C(COP(=O)(O)OC3CC(n4ccc(N)nc4=O)OC3COP(=O)(O)OC3CC(n4ccc(N)nc4=O)OC3COP(=O)(O)OC3CC(n4ccc(N)nc4=O)OC3COP(=O)(O)OC3CC(n4ccc(N)nc4=O)OC3COP(=O)(O)OC3CC(n4ccc(N)nc4=O)OC3CO)O2)c(=O)n1. The molecule has 0 aromatic carbocycles. The van der Waals surface area contributed by atoms with E-state index in [0.717, 1.165) is 52.2 Å². The van der Waals surface area contributed by atoms with E-state index < -0.39 is 249 Å². The van der Waals surface area contributed by atoms with Crippen LogP contribution in [-0.4, -0.2) is 205 Å². The molecule has 0 bridgehead atoms. The number of phosphoric acid groups is 5. The van der Waals surface area contributed by atoms with Gasteiger partial charge in [0.15, 0.2) is 0 Å². The second-order valence-electron chi connectivity index (χ2n) is 25.2. The summed E-state index contributed by atoms with van der Waals surface area (Å²) in [5.74, 6) is -1.12. The van der Waals surface area contributed by atoms with E-state index in [9.17, 15) is 86.3 Å². The lowest BCUT2D eigenvalue weighted by molar-refractivity contribution is -0.0657. The van der Waals surface area contributed by atoms with Crippen LogP contribution >= 0.6 is 39.1 Å². The smallest absolute Gasteiger partial charge is 0.394 e. The molecule has 6 aliphatic heterocycles. The molecule has 19 N–H and O–H groups in total. The van der Waals surface area contributed by atoms with Crippen LogP contribution in [0.2, 0.25) is 0 Å². The summed E-state index contributed by atoms with van der Waals surface area (Å²) in [5, 5.41) is 20.8. The Bertz CT molecular complexity index is 5020. The highest BCUT2D eigenvalue weighted by Crippen LogP contribution is 2.56. The number of aromatic nitrogens is 12. The van der Waals surface area contributed by atoms with Crippen LogP contribution in [-0.2, 0) is 96.5 Å². The molecule has 12 rings (SSSR count). The maximum atomic E-state index is 14.2. The number of nitrogens with two attached hydrogens (primary N) is 6. The molecular formula is C54H73N18O34P5. The number of hydrogen-bond donors (Lipinski definition) is 13. The van der Waals surface area contributed by atoms with E-state index in [-0.39, 0.29) is 47.7 Å². The topological polar surface area (TPSA) is 740 Å². The van der Waals surface area contributed by atoms with E-state index in [1.807, 2.05) is 0 Å². The number of rotatable bonds is 32. The van der Waals surface area contributed by atoms with Gasteiger partial charge in [0.2, 0.25) is 0 Å². The first-order valence-electron chi connectivity index (χ1n) is 32.9. The average Bonchev–Trinajstić information content (AvgIpc) is 1.67. The normalized spacial score (nSPS) is 30.9. The van der Waals surface area contributed by atoms with Gasteiger partial charge in [-0.25, -0.2) is 51.6 Å². The predicted octanol–water partition coefficient (Wildman–Crippen LogP) is -3.39. The Labute approximate surface area is 620 Å². The van der Waals surface area contributed by atoms with Crippen LogP contribution in [0, 0.1) is 0 Å². The molecule has 23 unspecified atom stereocenters. The fourth-order valence-corrected chi connectivity index (χ4v) is 17.2. The summed E-state index contributed by atoms with van der Waals surface area (Å²) in [6.07, 6.45) is -23.1. The highest BCUT2D eigenvalue weighted by Gasteiger charge is 2.51. The molecule has 6 aromatic rings. The summed E-state index contributed by atoms with van der Waals surface area (Å²) in [6, 6.07) is 7.32. The molecule has 0 amide bonds. The Morgan fingerprint density at radius 1 is 0.324 bits per heavy atom. The molecule has 0 aliphatic carbocycles. The van der Waals surface area contributed by atoms with Crippen molar-refractivity contribution >= 4 is 74.0 Å². The van der Waals surface area contributed by atoms with E-state index in [0.29, 0.717) is 0 Å².